The van der Waals surface area contributed by atoms with Crippen molar-refractivity contribution in [2.75, 3.05) is 23.7 Å². The van der Waals surface area contributed by atoms with Gasteiger partial charge in [0.05, 0.1) is 0 Å². The summed E-state index contributed by atoms with van der Waals surface area (Å²) >= 11 is 2.03. The zero-order valence-electron chi connectivity index (χ0n) is 9.25. The molecule has 2 heteroatoms. The number of hydrogen-bond donors (Lipinski definition) is 0. The molecule has 0 N–H and O–H groups in total. The molecule has 0 atom stereocenters. The fourth-order valence-electron chi connectivity index (χ4n) is 2.76. The Balaban J connectivity index is 2.05. The molecule has 0 aliphatic carbocycles. The van der Waals surface area contributed by atoms with E-state index in [1.807, 2.05) is 11.8 Å². The molecular weight excluding hydrogens is 202 g/mol. The van der Waals surface area contributed by atoms with Crippen molar-refractivity contribution >= 4 is 17.4 Å². The first kappa shape index (κ1) is 9.59. The number of nitrogens with zero attached hydrogens (tertiary/aromatic N) is 1. The molecule has 80 valence electrons. The maximum absolute atomic E-state index is 2.60. The molecule has 2 aliphatic heterocycles. The van der Waals surface area contributed by atoms with Gasteiger partial charge in [-0.2, -0.15) is 0 Å². The van der Waals surface area contributed by atoms with Crippen molar-refractivity contribution < 1.29 is 0 Å². The first-order chi connectivity index (χ1) is 7.40. The van der Waals surface area contributed by atoms with Gasteiger partial charge in [-0.25, -0.2) is 0 Å². The Morgan fingerprint density at radius 2 is 2.27 bits per heavy atom. The van der Waals surface area contributed by atoms with Crippen molar-refractivity contribution in [3.05, 3.63) is 23.3 Å². The summed E-state index contributed by atoms with van der Waals surface area (Å²) in [6.07, 6.45) is 3.80. The Hall–Kier alpha value is -0.630. The van der Waals surface area contributed by atoms with Gasteiger partial charge < -0.3 is 4.90 Å². The smallest absolute Gasteiger partial charge is 0.0443 e. The highest BCUT2D eigenvalue weighted by atomic mass is 32.2. The summed E-state index contributed by atoms with van der Waals surface area (Å²) in [5.41, 5.74) is 4.83. The molecule has 0 aromatic heterocycles. The second kappa shape index (κ2) is 3.75. The minimum absolute atomic E-state index is 1.23. The molecule has 0 spiro atoms. The maximum Gasteiger partial charge on any atom is 0.0443 e. The second-order valence-electron chi connectivity index (χ2n) is 4.39. The zero-order valence-corrected chi connectivity index (χ0v) is 10.1. The summed E-state index contributed by atoms with van der Waals surface area (Å²) in [6.45, 7) is 4.74. The van der Waals surface area contributed by atoms with Gasteiger partial charge in [0.25, 0.3) is 0 Å². The van der Waals surface area contributed by atoms with Crippen molar-refractivity contribution in [3.63, 3.8) is 0 Å². The fourth-order valence-corrected chi connectivity index (χ4v) is 3.83. The van der Waals surface area contributed by atoms with Crippen LogP contribution >= 0.6 is 11.8 Å². The Morgan fingerprint density at radius 3 is 3.13 bits per heavy atom. The molecule has 15 heavy (non-hydrogen) atoms. The highest BCUT2D eigenvalue weighted by Gasteiger charge is 2.25. The molecule has 1 aromatic rings. The van der Waals surface area contributed by atoms with Crippen molar-refractivity contribution in [1.29, 1.82) is 0 Å². The lowest BCUT2D eigenvalue weighted by atomic mass is 10.1. The third kappa shape index (κ3) is 1.46. The average molecular weight is 219 g/mol. The molecule has 0 unspecified atom stereocenters. The number of thioether (sulfide) groups is 1. The van der Waals surface area contributed by atoms with Gasteiger partial charge in [0.2, 0.25) is 0 Å². The standard InChI is InChI=1S/C13H17NS/c1-2-7-14-8-5-10-3-4-12-11(13(10)14)6-9-15-12/h3-4H,2,5-9H2,1H3. The van der Waals surface area contributed by atoms with Gasteiger partial charge in [0.15, 0.2) is 0 Å². The molecule has 3 rings (SSSR count). The van der Waals surface area contributed by atoms with Crippen LogP contribution in [0.4, 0.5) is 5.69 Å². The number of fused-ring (bicyclic) bond motifs is 3. The van der Waals surface area contributed by atoms with Gasteiger partial charge in [0.1, 0.15) is 0 Å². The topological polar surface area (TPSA) is 3.24 Å². The monoisotopic (exact) mass is 219 g/mol. The van der Waals surface area contributed by atoms with Crippen molar-refractivity contribution in [3.8, 4) is 0 Å². The number of rotatable bonds is 2. The molecule has 0 fully saturated rings. The van der Waals surface area contributed by atoms with Gasteiger partial charge in [-0.3, -0.25) is 0 Å². The maximum atomic E-state index is 2.60. The summed E-state index contributed by atoms with van der Waals surface area (Å²) in [5.74, 6) is 1.28. The van der Waals surface area contributed by atoms with Crippen LogP contribution in [0, 0.1) is 0 Å². The number of benzene rings is 1. The predicted molar refractivity (Wildman–Crippen MR) is 67.1 cm³/mol. The molecule has 2 heterocycles. The summed E-state index contributed by atoms with van der Waals surface area (Å²) in [4.78, 5) is 4.14. The van der Waals surface area contributed by atoms with E-state index < -0.39 is 0 Å². The van der Waals surface area contributed by atoms with E-state index in [-0.39, 0.29) is 0 Å². The minimum Gasteiger partial charge on any atom is -0.371 e. The second-order valence-corrected chi connectivity index (χ2v) is 5.52. The first-order valence-electron chi connectivity index (χ1n) is 5.92. The summed E-state index contributed by atoms with van der Waals surface area (Å²) in [6, 6.07) is 4.68. The molecule has 0 bridgehead atoms. The van der Waals surface area contributed by atoms with Gasteiger partial charge >= 0.3 is 0 Å². The molecule has 0 radical (unpaired) electrons. The van der Waals surface area contributed by atoms with E-state index in [1.165, 1.54) is 43.0 Å². The van der Waals surface area contributed by atoms with Crippen LogP contribution in [-0.2, 0) is 12.8 Å². The van der Waals surface area contributed by atoms with E-state index in [2.05, 4.69) is 24.0 Å². The number of hydrogen-bond acceptors (Lipinski definition) is 2. The van der Waals surface area contributed by atoms with E-state index >= 15 is 0 Å². The van der Waals surface area contributed by atoms with Crippen LogP contribution in [0.1, 0.15) is 24.5 Å². The first-order valence-corrected chi connectivity index (χ1v) is 6.91. The van der Waals surface area contributed by atoms with Gasteiger partial charge in [-0.15, -0.1) is 11.8 Å². The highest BCUT2D eigenvalue weighted by Crippen LogP contribution is 2.42. The summed E-state index contributed by atoms with van der Waals surface area (Å²) in [5, 5.41) is 0. The fraction of sp³-hybridized carbons (Fsp3) is 0.538. The van der Waals surface area contributed by atoms with Gasteiger partial charge in [0, 0.05) is 29.4 Å². The van der Waals surface area contributed by atoms with Crippen LogP contribution in [-0.4, -0.2) is 18.8 Å². The lowest BCUT2D eigenvalue weighted by Crippen LogP contribution is -2.22. The van der Waals surface area contributed by atoms with E-state index in [0.717, 1.165) is 0 Å². The summed E-state index contributed by atoms with van der Waals surface area (Å²) < 4.78 is 0. The van der Waals surface area contributed by atoms with E-state index in [9.17, 15) is 0 Å². The lowest BCUT2D eigenvalue weighted by Gasteiger charge is -2.21. The minimum atomic E-state index is 1.23. The van der Waals surface area contributed by atoms with Crippen LogP contribution in [0.3, 0.4) is 0 Å². The van der Waals surface area contributed by atoms with Crippen LogP contribution in [0.15, 0.2) is 17.0 Å². The highest BCUT2D eigenvalue weighted by molar-refractivity contribution is 7.99. The molecule has 0 amide bonds. The Bertz CT molecular complexity index is 384. The predicted octanol–water partition coefficient (Wildman–Crippen LogP) is 3.11. The SMILES string of the molecule is CCCN1CCc2ccc3c(c21)CCS3. The summed E-state index contributed by atoms with van der Waals surface area (Å²) in [7, 11) is 0. The Labute approximate surface area is 95.9 Å². The molecule has 2 aliphatic rings. The molecular formula is C13H17NS. The third-order valence-electron chi connectivity index (χ3n) is 3.39. The third-order valence-corrected chi connectivity index (χ3v) is 4.50. The lowest BCUT2D eigenvalue weighted by molar-refractivity contribution is 0.792. The Kier molecular flexibility index (Phi) is 2.39. The number of anilines is 1. The van der Waals surface area contributed by atoms with E-state index in [4.69, 9.17) is 0 Å². The normalized spacial score (nSPS) is 18.1. The van der Waals surface area contributed by atoms with Crippen molar-refractivity contribution in [2.24, 2.45) is 0 Å². The largest absolute Gasteiger partial charge is 0.371 e. The van der Waals surface area contributed by atoms with Crippen LogP contribution in [0.5, 0.6) is 0 Å². The zero-order chi connectivity index (χ0) is 10.3. The van der Waals surface area contributed by atoms with Gasteiger partial charge in [-0.05, 0) is 36.5 Å². The van der Waals surface area contributed by atoms with Crippen LogP contribution in [0.2, 0.25) is 0 Å². The van der Waals surface area contributed by atoms with Gasteiger partial charge in [-0.1, -0.05) is 13.0 Å². The van der Waals surface area contributed by atoms with Crippen molar-refractivity contribution in [2.45, 2.75) is 31.1 Å². The van der Waals surface area contributed by atoms with Crippen LogP contribution in [0.25, 0.3) is 0 Å². The molecule has 1 aromatic carbocycles. The molecule has 0 saturated carbocycles. The van der Waals surface area contributed by atoms with E-state index in [1.54, 1.807) is 16.8 Å². The molecule has 1 nitrogen and oxygen atoms in total. The average Bonchev–Trinajstić information content (AvgIpc) is 2.83. The van der Waals surface area contributed by atoms with E-state index in [0.29, 0.717) is 0 Å². The quantitative estimate of drug-likeness (QED) is 0.752. The molecule has 0 saturated heterocycles. The Morgan fingerprint density at radius 1 is 1.33 bits per heavy atom. The van der Waals surface area contributed by atoms with Crippen molar-refractivity contribution in [1.82, 2.24) is 0 Å². The van der Waals surface area contributed by atoms with Crippen LogP contribution < -0.4 is 4.90 Å².